The summed E-state index contributed by atoms with van der Waals surface area (Å²) in [6, 6.07) is 4.05. The molecule has 0 aliphatic rings. The normalized spacial score (nSPS) is 11.8. The van der Waals surface area contributed by atoms with Crippen LogP contribution < -0.4 is 5.32 Å². The molecule has 130 valence electrons. The zero-order valence-corrected chi connectivity index (χ0v) is 14.3. The second kappa shape index (κ2) is 7.03. The Hall–Kier alpha value is -1.73. The van der Waals surface area contributed by atoms with Crippen molar-refractivity contribution in [3.8, 4) is 5.69 Å². The molecule has 1 N–H and O–H groups in total. The van der Waals surface area contributed by atoms with Gasteiger partial charge in [0.25, 0.3) is 5.91 Å². The molecule has 0 unspecified atom stereocenters. The van der Waals surface area contributed by atoms with Gasteiger partial charge in [-0.15, -0.1) is 0 Å². The second-order valence-corrected chi connectivity index (χ2v) is 6.35. The monoisotopic (exact) mass is 379 g/mol. The molecule has 0 bridgehead atoms. The third kappa shape index (κ3) is 4.02. The molecule has 0 spiro atoms. The number of nitrogens with one attached hydrogen (secondary N) is 1. The van der Waals surface area contributed by atoms with E-state index in [1.165, 1.54) is 18.2 Å². The molecule has 0 atom stereocenters. The Kier molecular flexibility index (Phi) is 5.45. The number of carbonyl (C=O) groups excluding carboxylic acids is 1. The van der Waals surface area contributed by atoms with Crippen LogP contribution in [0.3, 0.4) is 0 Å². The Balaban J connectivity index is 2.52. The van der Waals surface area contributed by atoms with Gasteiger partial charge in [0.05, 0.1) is 10.7 Å². The number of rotatable bonds is 4. The van der Waals surface area contributed by atoms with Crippen molar-refractivity contribution in [3.63, 3.8) is 0 Å². The lowest BCUT2D eigenvalue weighted by atomic mass is 10.2. The first kappa shape index (κ1) is 18.6. The summed E-state index contributed by atoms with van der Waals surface area (Å²) in [5.41, 5.74) is -1.86. The number of hydrogen-bond donors (Lipinski definition) is 1. The van der Waals surface area contributed by atoms with Crippen LogP contribution in [0.2, 0.25) is 10.0 Å². The minimum atomic E-state index is -4.79. The van der Waals surface area contributed by atoms with Crippen LogP contribution in [0.5, 0.6) is 0 Å². The van der Waals surface area contributed by atoms with Gasteiger partial charge < -0.3 is 5.32 Å². The maximum absolute atomic E-state index is 13.5. The van der Waals surface area contributed by atoms with Gasteiger partial charge in [-0.1, -0.05) is 37.0 Å². The summed E-state index contributed by atoms with van der Waals surface area (Å²) < 4.78 is 41.2. The van der Waals surface area contributed by atoms with Crippen molar-refractivity contribution in [2.24, 2.45) is 5.92 Å². The van der Waals surface area contributed by atoms with Gasteiger partial charge in [0.2, 0.25) is 0 Å². The SMILES string of the molecule is CC(C)CNC(=O)c1ncn(-c2ccc(Cl)cc2Cl)c1C(F)(F)F. The molecule has 1 aromatic heterocycles. The van der Waals surface area contributed by atoms with Crippen LogP contribution in [0.1, 0.15) is 30.0 Å². The van der Waals surface area contributed by atoms with Crippen molar-refractivity contribution in [2.45, 2.75) is 20.0 Å². The van der Waals surface area contributed by atoms with E-state index < -0.39 is 23.5 Å². The molecule has 0 saturated heterocycles. The molecule has 0 aliphatic heterocycles. The molecule has 4 nitrogen and oxygen atoms in total. The van der Waals surface area contributed by atoms with E-state index in [9.17, 15) is 18.0 Å². The van der Waals surface area contributed by atoms with E-state index in [0.717, 1.165) is 10.9 Å². The molecular weight excluding hydrogens is 366 g/mol. The number of carbonyl (C=O) groups is 1. The Morgan fingerprint density at radius 2 is 2.00 bits per heavy atom. The fraction of sp³-hybridized carbons (Fsp3) is 0.333. The van der Waals surface area contributed by atoms with E-state index in [0.29, 0.717) is 0 Å². The molecule has 24 heavy (non-hydrogen) atoms. The third-order valence-electron chi connectivity index (χ3n) is 3.09. The van der Waals surface area contributed by atoms with Crippen LogP contribution in [-0.2, 0) is 6.18 Å². The Labute approximate surface area is 146 Å². The lowest BCUT2D eigenvalue weighted by Crippen LogP contribution is -2.30. The molecule has 1 aromatic carbocycles. The minimum Gasteiger partial charge on any atom is -0.350 e. The number of aromatic nitrogens is 2. The van der Waals surface area contributed by atoms with Crippen LogP contribution in [0.4, 0.5) is 13.2 Å². The van der Waals surface area contributed by atoms with Crippen LogP contribution in [0.15, 0.2) is 24.5 Å². The van der Waals surface area contributed by atoms with Crippen molar-refractivity contribution in [2.75, 3.05) is 6.54 Å². The summed E-state index contributed by atoms with van der Waals surface area (Å²) in [5, 5.41) is 2.73. The second-order valence-electron chi connectivity index (χ2n) is 5.51. The molecular formula is C15H14Cl2F3N3O. The summed E-state index contributed by atoms with van der Waals surface area (Å²) >= 11 is 11.7. The number of imidazole rings is 1. The highest BCUT2D eigenvalue weighted by Gasteiger charge is 2.41. The van der Waals surface area contributed by atoms with E-state index in [4.69, 9.17) is 23.2 Å². The smallest absolute Gasteiger partial charge is 0.350 e. The van der Waals surface area contributed by atoms with Gasteiger partial charge in [0.15, 0.2) is 11.4 Å². The molecule has 1 amide bonds. The first-order valence-corrected chi connectivity index (χ1v) is 7.75. The van der Waals surface area contributed by atoms with Crippen molar-refractivity contribution in [3.05, 3.63) is 46.0 Å². The van der Waals surface area contributed by atoms with Gasteiger partial charge in [-0.05, 0) is 24.1 Å². The number of nitrogens with zero attached hydrogens (tertiary/aromatic N) is 2. The summed E-state index contributed by atoms with van der Waals surface area (Å²) in [5.74, 6) is -0.795. The van der Waals surface area contributed by atoms with E-state index in [-0.39, 0.29) is 28.2 Å². The molecule has 1 heterocycles. The Morgan fingerprint density at radius 1 is 1.33 bits per heavy atom. The summed E-state index contributed by atoms with van der Waals surface area (Å²) in [6.07, 6.45) is -3.87. The lowest BCUT2D eigenvalue weighted by molar-refractivity contribution is -0.142. The average Bonchev–Trinajstić information content (AvgIpc) is 2.89. The number of alkyl halides is 3. The first-order chi connectivity index (χ1) is 11.1. The number of halogens is 5. The van der Waals surface area contributed by atoms with Gasteiger partial charge in [-0.2, -0.15) is 13.2 Å². The maximum Gasteiger partial charge on any atom is 0.434 e. The number of benzene rings is 1. The molecule has 0 radical (unpaired) electrons. The van der Waals surface area contributed by atoms with Gasteiger partial charge >= 0.3 is 6.18 Å². The van der Waals surface area contributed by atoms with E-state index >= 15 is 0 Å². The highest BCUT2D eigenvalue weighted by Crippen LogP contribution is 2.35. The molecule has 2 rings (SSSR count). The fourth-order valence-corrected chi connectivity index (χ4v) is 2.52. The lowest BCUT2D eigenvalue weighted by Gasteiger charge is -2.14. The number of hydrogen-bond acceptors (Lipinski definition) is 2. The van der Waals surface area contributed by atoms with Crippen LogP contribution >= 0.6 is 23.2 Å². The summed E-state index contributed by atoms with van der Waals surface area (Å²) in [7, 11) is 0. The van der Waals surface area contributed by atoms with Gasteiger partial charge in [0.1, 0.15) is 6.33 Å². The highest BCUT2D eigenvalue weighted by atomic mass is 35.5. The predicted octanol–water partition coefficient (Wildman–Crippen LogP) is 4.58. The van der Waals surface area contributed by atoms with Crippen molar-refractivity contribution in [1.82, 2.24) is 14.9 Å². The molecule has 2 aromatic rings. The maximum atomic E-state index is 13.5. The quantitative estimate of drug-likeness (QED) is 0.844. The zero-order valence-electron chi connectivity index (χ0n) is 12.8. The van der Waals surface area contributed by atoms with Gasteiger partial charge in [-0.3, -0.25) is 9.36 Å². The van der Waals surface area contributed by atoms with Gasteiger partial charge in [0, 0.05) is 11.6 Å². The highest BCUT2D eigenvalue weighted by molar-refractivity contribution is 6.35. The van der Waals surface area contributed by atoms with E-state index in [1.807, 2.05) is 13.8 Å². The topological polar surface area (TPSA) is 46.9 Å². The van der Waals surface area contributed by atoms with Crippen LogP contribution in [0.25, 0.3) is 5.69 Å². The van der Waals surface area contributed by atoms with Crippen molar-refractivity contribution >= 4 is 29.1 Å². The molecule has 9 heteroatoms. The summed E-state index contributed by atoms with van der Waals surface area (Å²) in [4.78, 5) is 15.7. The minimum absolute atomic E-state index is 0.0135. The zero-order chi connectivity index (χ0) is 18.1. The molecule has 0 fully saturated rings. The molecule has 0 saturated carbocycles. The first-order valence-electron chi connectivity index (χ1n) is 6.99. The predicted molar refractivity (Wildman–Crippen MR) is 85.8 cm³/mol. The van der Waals surface area contributed by atoms with Crippen LogP contribution in [0, 0.1) is 5.92 Å². The fourth-order valence-electron chi connectivity index (χ4n) is 2.03. The van der Waals surface area contributed by atoms with Gasteiger partial charge in [-0.25, -0.2) is 4.98 Å². The van der Waals surface area contributed by atoms with Crippen LogP contribution in [-0.4, -0.2) is 22.0 Å². The van der Waals surface area contributed by atoms with Crippen molar-refractivity contribution in [1.29, 1.82) is 0 Å². The Bertz CT molecular complexity index is 757. The average molecular weight is 380 g/mol. The standard InChI is InChI=1S/C15H14Cl2F3N3O/c1-8(2)6-21-14(24)12-13(15(18,19)20)23(7-22-12)11-4-3-9(16)5-10(11)17/h3-5,7-8H,6H2,1-2H3,(H,21,24). The van der Waals surface area contributed by atoms with E-state index in [2.05, 4.69) is 10.3 Å². The van der Waals surface area contributed by atoms with E-state index in [1.54, 1.807) is 0 Å². The third-order valence-corrected chi connectivity index (χ3v) is 3.63. The number of amides is 1. The largest absolute Gasteiger partial charge is 0.434 e. The molecule has 0 aliphatic carbocycles. The summed E-state index contributed by atoms with van der Waals surface area (Å²) in [6.45, 7) is 3.90. The Morgan fingerprint density at radius 3 is 2.54 bits per heavy atom. The van der Waals surface area contributed by atoms with Crippen molar-refractivity contribution < 1.29 is 18.0 Å².